The van der Waals surface area contributed by atoms with Gasteiger partial charge in [0.25, 0.3) is 5.56 Å². The number of aryl methyl sites for hydroxylation is 1. The third kappa shape index (κ3) is 3.26. The van der Waals surface area contributed by atoms with E-state index in [0.717, 1.165) is 38.5 Å². The molecule has 0 N–H and O–H groups in total. The van der Waals surface area contributed by atoms with Gasteiger partial charge in [-0.15, -0.1) is 0 Å². The molecule has 0 spiro atoms. The molecule has 1 saturated heterocycles. The number of ether oxygens (including phenoxy) is 1. The second kappa shape index (κ2) is 5.92. The molecule has 2 heterocycles. The quantitative estimate of drug-likeness (QED) is 0.746. The molecule has 6 heteroatoms. The van der Waals surface area contributed by atoms with E-state index in [0.29, 0.717) is 10.1 Å². The van der Waals surface area contributed by atoms with E-state index in [1.807, 2.05) is 6.92 Å². The zero-order valence-electron chi connectivity index (χ0n) is 9.86. The maximum absolute atomic E-state index is 11.9. The minimum Gasteiger partial charge on any atom is -0.379 e. The first-order valence-corrected chi connectivity index (χ1v) is 6.78. The molecule has 17 heavy (non-hydrogen) atoms. The molecule has 1 aliphatic heterocycles. The predicted octanol–water partition coefficient (Wildman–Crippen LogP) is 0.489. The van der Waals surface area contributed by atoms with Gasteiger partial charge in [-0.1, -0.05) is 0 Å². The van der Waals surface area contributed by atoms with E-state index in [9.17, 15) is 4.79 Å². The van der Waals surface area contributed by atoms with Crippen LogP contribution in [0.3, 0.4) is 0 Å². The Bertz CT molecular complexity index is 441. The molecule has 1 aromatic rings. The summed E-state index contributed by atoms with van der Waals surface area (Å²) < 4.78 is 7.69. The van der Waals surface area contributed by atoms with Crippen LogP contribution in [0.25, 0.3) is 0 Å². The second-order valence-electron chi connectivity index (χ2n) is 4.10. The summed E-state index contributed by atoms with van der Waals surface area (Å²) >= 11 is 2.06. The summed E-state index contributed by atoms with van der Waals surface area (Å²) in [5.74, 6) is 0. The first kappa shape index (κ1) is 13.0. The summed E-state index contributed by atoms with van der Waals surface area (Å²) in [7, 11) is 0. The number of nitrogens with zero attached hydrogens (tertiary/aromatic N) is 3. The van der Waals surface area contributed by atoms with Gasteiger partial charge in [-0.2, -0.15) is 0 Å². The Hall–Kier alpha value is -0.470. The average Bonchev–Trinajstić information content (AvgIpc) is 2.36. The topological polar surface area (TPSA) is 47.4 Å². The summed E-state index contributed by atoms with van der Waals surface area (Å²) in [5.41, 5.74) is 0.865. The SMILES string of the molecule is Cc1ncn(CCN2CCOCC2)c(=O)c1I. The van der Waals surface area contributed by atoms with Crippen molar-refractivity contribution in [1.82, 2.24) is 14.5 Å². The largest absolute Gasteiger partial charge is 0.379 e. The van der Waals surface area contributed by atoms with Crippen LogP contribution in [0, 0.1) is 10.5 Å². The highest BCUT2D eigenvalue weighted by atomic mass is 127. The van der Waals surface area contributed by atoms with Crippen LogP contribution < -0.4 is 5.56 Å². The molecule has 1 aliphatic rings. The summed E-state index contributed by atoms with van der Waals surface area (Å²) in [6.07, 6.45) is 1.64. The average molecular weight is 349 g/mol. The van der Waals surface area contributed by atoms with Crippen molar-refractivity contribution in [3.63, 3.8) is 0 Å². The Kier molecular flexibility index (Phi) is 4.52. The molecule has 1 aromatic heterocycles. The van der Waals surface area contributed by atoms with Gasteiger partial charge in [0.1, 0.15) is 0 Å². The Morgan fingerprint density at radius 3 is 2.82 bits per heavy atom. The zero-order valence-corrected chi connectivity index (χ0v) is 12.0. The molecule has 0 saturated carbocycles. The van der Waals surface area contributed by atoms with Crippen LogP contribution in [0.2, 0.25) is 0 Å². The summed E-state index contributed by atoms with van der Waals surface area (Å²) in [6.45, 7) is 6.91. The fraction of sp³-hybridized carbons (Fsp3) is 0.636. The van der Waals surface area contributed by atoms with E-state index >= 15 is 0 Å². The fourth-order valence-electron chi connectivity index (χ4n) is 1.78. The van der Waals surface area contributed by atoms with Gasteiger partial charge in [-0.3, -0.25) is 14.3 Å². The molecule has 0 atom stereocenters. The van der Waals surface area contributed by atoms with Crippen molar-refractivity contribution in [3.05, 3.63) is 25.9 Å². The highest BCUT2D eigenvalue weighted by molar-refractivity contribution is 14.1. The van der Waals surface area contributed by atoms with Gasteiger partial charge < -0.3 is 4.74 Å². The molecule has 94 valence electrons. The maximum atomic E-state index is 11.9. The summed E-state index contributed by atoms with van der Waals surface area (Å²) in [6, 6.07) is 0. The Morgan fingerprint density at radius 2 is 2.12 bits per heavy atom. The molecule has 0 aliphatic carbocycles. The standard InChI is InChI=1S/C11H16IN3O2/c1-9-10(12)11(16)15(8-13-9)3-2-14-4-6-17-7-5-14/h8H,2-7H2,1H3. The highest BCUT2D eigenvalue weighted by Gasteiger charge is 2.11. The van der Waals surface area contributed by atoms with E-state index in [4.69, 9.17) is 4.74 Å². The zero-order chi connectivity index (χ0) is 12.3. The van der Waals surface area contributed by atoms with Crippen molar-refractivity contribution in [2.24, 2.45) is 0 Å². The van der Waals surface area contributed by atoms with Crippen LogP contribution >= 0.6 is 22.6 Å². The normalized spacial score (nSPS) is 17.3. The van der Waals surface area contributed by atoms with Crippen molar-refractivity contribution in [3.8, 4) is 0 Å². The van der Waals surface area contributed by atoms with Gasteiger partial charge in [-0.05, 0) is 29.5 Å². The number of aromatic nitrogens is 2. The van der Waals surface area contributed by atoms with E-state index in [2.05, 4.69) is 32.5 Å². The summed E-state index contributed by atoms with van der Waals surface area (Å²) in [5, 5.41) is 0. The molecular formula is C11H16IN3O2. The lowest BCUT2D eigenvalue weighted by molar-refractivity contribution is 0.0362. The number of rotatable bonds is 3. The van der Waals surface area contributed by atoms with Crippen LogP contribution in [0.5, 0.6) is 0 Å². The van der Waals surface area contributed by atoms with Crippen molar-refractivity contribution in [2.45, 2.75) is 13.5 Å². The maximum Gasteiger partial charge on any atom is 0.267 e. The third-order valence-corrected chi connectivity index (χ3v) is 4.16. The Balaban J connectivity index is 1.99. The summed E-state index contributed by atoms with van der Waals surface area (Å²) in [4.78, 5) is 18.5. The van der Waals surface area contributed by atoms with E-state index < -0.39 is 0 Å². The van der Waals surface area contributed by atoms with Crippen LogP contribution in [0.1, 0.15) is 5.69 Å². The van der Waals surface area contributed by atoms with Gasteiger partial charge >= 0.3 is 0 Å². The van der Waals surface area contributed by atoms with Crippen molar-refractivity contribution in [2.75, 3.05) is 32.8 Å². The van der Waals surface area contributed by atoms with Gasteiger partial charge in [0.2, 0.25) is 0 Å². The van der Waals surface area contributed by atoms with Crippen LogP contribution in [0.15, 0.2) is 11.1 Å². The fourth-order valence-corrected chi connectivity index (χ4v) is 2.23. The van der Waals surface area contributed by atoms with Gasteiger partial charge in [0.05, 0.1) is 28.8 Å². The molecule has 1 fully saturated rings. The van der Waals surface area contributed by atoms with E-state index in [-0.39, 0.29) is 5.56 Å². The minimum atomic E-state index is 0.0614. The Labute approximate surface area is 114 Å². The third-order valence-electron chi connectivity index (χ3n) is 2.92. The molecule has 0 amide bonds. The monoisotopic (exact) mass is 349 g/mol. The van der Waals surface area contributed by atoms with Crippen molar-refractivity contribution < 1.29 is 4.74 Å². The first-order valence-electron chi connectivity index (χ1n) is 5.70. The smallest absolute Gasteiger partial charge is 0.267 e. The van der Waals surface area contributed by atoms with Crippen LogP contribution in [0.4, 0.5) is 0 Å². The molecule has 0 bridgehead atoms. The highest BCUT2D eigenvalue weighted by Crippen LogP contribution is 2.02. The van der Waals surface area contributed by atoms with E-state index in [1.54, 1.807) is 10.9 Å². The lowest BCUT2D eigenvalue weighted by atomic mass is 10.4. The molecule has 0 aromatic carbocycles. The van der Waals surface area contributed by atoms with Gasteiger partial charge in [-0.25, -0.2) is 4.98 Å². The molecule has 0 radical (unpaired) electrons. The number of halogens is 1. The lowest BCUT2D eigenvalue weighted by Gasteiger charge is -2.26. The molecule has 0 unspecified atom stereocenters. The van der Waals surface area contributed by atoms with Gasteiger partial charge in [0, 0.05) is 26.2 Å². The predicted molar refractivity (Wildman–Crippen MR) is 73.2 cm³/mol. The van der Waals surface area contributed by atoms with Crippen LogP contribution in [-0.2, 0) is 11.3 Å². The molecular weight excluding hydrogens is 333 g/mol. The van der Waals surface area contributed by atoms with E-state index in [1.165, 1.54) is 0 Å². The second-order valence-corrected chi connectivity index (χ2v) is 5.18. The first-order chi connectivity index (χ1) is 8.18. The number of hydrogen-bond acceptors (Lipinski definition) is 4. The Morgan fingerprint density at radius 1 is 1.41 bits per heavy atom. The minimum absolute atomic E-state index is 0.0614. The number of hydrogen-bond donors (Lipinski definition) is 0. The number of morpholine rings is 1. The van der Waals surface area contributed by atoms with Crippen LogP contribution in [-0.4, -0.2) is 47.3 Å². The molecule has 5 nitrogen and oxygen atoms in total. The molecule has 2 rings (SSSR count). The van der Waals surface area contributed by atoms with Crippen molar-refractivity contribution in [1.29, 1.82) is 0 Å². The van der Waals surface area contributed by atoms with Crippen molar-refractivity contribution >= 4 is 22.6 Å². The lowest BCUT2D eigenvalue weighted by Crippen LogP contribution is -2.39. The van der Waals surface area contributed by atoms with Gasteiger partial charge in [0.15, 0.2) is 0 Å².